The van der Waals surface area contributed by atoms with Gasteiger partial charge in [0.15, 0.2) is 5.82 Å². The predicted molar refractivity (Wildman–Crippen MR) is 85.6 cm³/mol. The molecule has 0 radical (unpaired) electrons. The van der Waals surface area contributed by atoms with Gasteiger partial charge in [0, 0.05) is 32.5 Å². The molecule has 1 unspecified atom stereocenters. The summed E-state index contributed by atoms with van der Waals surface area (Å²) in [4.78, 5) is 43.2. The van der Waals surface area contributed by atoms with Gasteiger partial charge in [0.05, 0.1) is 11.7 Å². The molecule has 0 aromatic carbocycles. The van der Waals surface area contributed by atoms with E-state index < -0.39 is 0 Å². The van der Waals surface area contributed by atoms with Crippen LogP contribution in [0.2, 0.25) is 0 Å². The molecule has 2 atom stereocenters. The van der Waals surface area contributed by atoms with E-state index in [9.17, 15) is 14.4 Å². The van der Waals surface area contributed by atoms with E-state index in [1.807, 2.05) is 6.07 Å². The largest absolute Gasteiger partial charge is 0.366 e. The minimum Gasteiger partial charge on any atom is -0.366 e. The van der Waals surface area contributed by atoms with Gasteiger partial charge in [-0.3, -0.25) is 14.5 Å². The zero-order chi connectivity index (χ0) is 16.6. The zero-order valence-electron chi connectivity index (χ0n) is 13.3. The Labute approximate surface area is 134 Å². The molecule has 2 bridgehead atoms. The highest BCUT2D eigenvalue weighted by Crippen LogP contribution is 2.38. The molecule has 3 heterocycles. The Balaban J connectivity index is 1.87. The van der Waals surface area contributed by atoms with Crippen LogP contribution in [0.4, 0.5) is 11.5 Å². The fourth-order valence-corrected chi connectivity index (χ4v) is 3.13. The summed E-state index contributed by atoms with van der Waals surface area (Å²) in [6, 6.07) is 3.63. The van der Waals surface area contributed by atoms with Gasteiger partial charge in [0.25, 0.3) is 5.91 Å². The number of pyridine rings is 1. The summed E-state index contributed by atoms with van der Waals surface area (Å²) < 4.78 is 0. The second-order valence-corrected chi connectivity index (χ2v) is 6.14. The van der Waals surface area contributed by atoms with Crippen molar-refractivity contribution in [2.24, 2.45) is 5.92 Å². The van der Waals surface area contributed by atoms with Crippen LogP contribution in [0.25, 0.3) is 0 Å². The number of fused-ring (bicyclic) bond motifs is 4. The maximum atomic E-state index is 12.2. The lowest BCUT2D eigenvalue weighted by Gasteiger charge is -2.35. The van der Waals surface area contributed by atoms with E-state index in [0.29, 0.717) is 5.82 Å². The first kappa shape index (κ1) is 15.5. The van der Waals surface area contributed by atoms with Crippen LogP contribution >= 0.6 is 0 Å². The van der Waals surface area contributed by atoms with Gasteiger partial charge < -0.3 is 15.0 Å². The molecule has 1 fully saturated rings. The van der Waals surface area contributed by atoms with Gasteiger partial charge in [-0.05, 0) is 18.6 Å². The Morgan fingerprint density at radius 2 is 2.26 bits per heavy atom. The summed E-state index contributed by atoms with van der Waals surface area (Å²) in [5, 5.41) is 2.69. The van der Waals surface area contributed by atoms with E-state index >= 15 is 0 Å². The van der Waals surface area contributed by atoms with Crippen molar-refractivity contribution in [2.45, 2.75) is 26.3 Å². The molecule has 2 aliphatic heterocycles. The average molecular weight is 316 g/mol. The minimum absolute atomic E-state index is 0.0579. The Kier molecular flexibility index (Phi) is 4.02. The number of nitrogens with one attached hydrogen (secondary N) is 1. The maximum absolute atomic E-state index is 12.2. The Hall–Kier alpha value is -2.44. The molecule has 0 aliphatic carbocycles. The maximum Gasteiger partial charge on any atom is 0.269 e. The van der Waals surface area contributed by atoms with Gasteiger partial charge in [-0.25, -0.2) is 4.98 Å². The summed E-state index contributed by atoms with van der Waals surface area (Å²) in [6.45, 7) is 5.24. The van der Waals surface area contributed by atoms with Crippen molar-refractivity contribution in [3.63, 3.8) is 0 Å². The highest BCUT2D eigenvalue weighted by Gasteiger charge is 2.39. The Morgan fingerprint density at radius 1 is 1.48 bits per heavy atom. The van der Waals surface area contributed by atoms with Gasteiger partial charge in [0.2, 0.25) is 5.91 Å². The number of amides is 2. The van der Waals surface area contributed by atoms with Crippen LogP contribution in [0.5, 0.6) is 0 Å². The first-order valence-corrected chi connectivity index (χ1v) is 7.80. The molecule has 0 saturated carbocycles. The number of aromatic nitrogens is 1. The first-order valence-electron chi connectivity index (χ1n) is 7.80. The summed E-state index contributed by atoms with van der Waals surface area (Å²) in [5.74, 6) is -0.0788. The van der Waals surface area contributed by atoms with Crippen LogP contribution in [0.1, 0.15) is 30.8 Å². The van der Waals surface area contributed by atoms with E-state index in [0.717, 1.165) is 31.5 Å². The van der Waals surface area contributed by atoms with E-state index in [4.69, 9.17) is 0 Å². The molecule has 2 amide bonds. The Morgan fingerprint density at radius 3 is 2.96 bits per heavy atom. The van der Waals surface area contributed by atoms with Crippen LogP contribution in [0.3, 0.4) is 0 Å². The van der Waals surface area contributed by atoms with Gasteiger partial charge in [-0.1, -0.05) is 6.92 Å². The standard InChI is InChI=1S/C16H20N4O3/c1-10(9-21)7-17-16(23)13-3-4-14-15(18-13)20(11(2)22)12-5-6-19(14)8-12/h3-4,9-10,12H,5-8H2,1-2H3,(H,17,23)/t10-,12?/m0/s1. The van der Waals surface area contributed by atoms with Crippen molar-refractivity contribution < 1.29 is 14.4 Å². The number of carbonyl (C=O) groups is 3. The molecule has 23 heavy (non-hydrogen) atoms. The molecule has 122 valence electrons. The summed E-state index contributed by atoms with van der Waals surface area (Å²) >= 11 is 0. The molecule has 1 N–H and O–H groups in total. The van der Waals surface area contributed by atoms with Crippen LogP contribution in [0.15, 0.2) is 12.1 Å². The molecular formula is C16H20N4O3. The molecule has 1 aromatic heterocycles. The smallest absolute Gasteiger partial charge is 0.269 e. The van der Waals surface area contributed by atoms with Gasteiger partial charge in [-0.2, -0.15) is 0 Å². The minimum atomic E-state index is -0.335. The van der Waals surface area contributed by atoms with Crippen LogP contribution in [-0.4, -0.2) is 48.8 Å². The molecule has 1 aromatic rings. The number of hydrogen-bond acceptors (Lipinski definition) is 5. The number of carbonyl (C=O) groups excluding carboxylic acids is 3. The van der Waals surface area contributed by atoms with E-state index in [1.165, 1.54) is 6.92 Å². The normalized spacial score (nSPS) is 20.0. The Bertz CT molecular complexity index is 661. The topological polar surface area (TPSA) is 82.6 Å². The number of aldehydes is 1. The quantitative estimate of drug-likeness (QED) is 0.822. The number of anilines is 2. The number of hydrogen-bond donors (Lipinski definition) is 1. The fourth-order valence-electron chi connectivity index (χ4n) is 3.13. The molecule has 2 aliphatic rings. The molecule has 7 nitrogen and oxygen atoms in total. The van der Waals surface area contributed by atoms with Crippen molar-refractivity contribution in [3.05, 3.63) is 17.8 Å². The monoisotopic (exact) mass is 316 g/mol. The lowest BCUT2D eigenvalue weighted by Crippen LogP contribution is -2.45. The van der Waals surface area contributed by atoms with Crippen LogP contribution in [0, 0.1) is 5.92 Å². The van der Waals surface area contributed by atoms with E-state index in [1.54, 1.807) is 17.9 Å². The molecule has 3 rings (SSSR count). The lowest BCUT2D eigenvalue weighted by molar-refractivity contribution is -0.117. The summed E-state index contributed by atoms with van der Waals surface area (Å²) in [5.41, 5.74) is 1.15. The van der Waals surface area contributed by atoms with Gasteiger partial charge in [-0.15, -0.1) is 0 Å². The van der Waals surface area contributed by atoms with Crippen molar-refractivity contribution >= 4 is 29.6 Å². The molecule has 1 saturated heterocycles. The third kappa shape index (κ3) is 2.78. The van der Waals surface area contributed by atoms with Gasteiger partial charge >= 0.3 is 0 Å². The van der Waals surface area contributed by atoms with Crippen molar-refractivity contribution in [1.82, 2.24) is 10.3 Å². The number of rotatable bonds is 4. The average Bonchev–Trinajstić information content (AvgIpc) is 2.95. The zero-order valence-corrected chi connectivity index (χ0v) is 13.3. The fraction of sp³-hybridized carbons (Fsp3) is 0.500. The third-order valence-electron chi connectivity index (χ3n) is 4.34. The lowest BCUT2D eigenvalue weighted by atomic mass is 10.1. The highest BCUT2D eigenvalue weighted by molar-refractivity contribution is 5.99. The molecular weight excluding hydrogens is 296 g/mol. The SMILES string of the molecule is CC(=O)N1c2nc(C(=O)NC[C@H](C)C=O)ccc2N2CCC1C2. The highest BCUT2D eigenvalue weighted by atomic mass is 16.2. The van der Waals surface area contributed by atoms with E-state index in [2.05, 4.69) is 15.2 Å². The predicted octanol–water partition coefficient (Wildman–Crippen LogP) is 0.592. The summed E-state index contributed by atoms with van der Waals surface area (Å²) in [7, 11) is 0. The van der Waals surface area contributed by atoms with Crippen molar-refractivity contribution in [3.8, 4) is 0 Å². The summed E-state index contributed by atoms with van der Waals surface area (Å²) in [6.07, 6.45) is 1.71. The third-order valence-corrected chi connectivity index (χ3v) is 4.34. The van der Waals surface area contributed by atoms with Crippen LogP contribution in [-0.2, 0) is 9.59 Å². The second kappa shape index (κ2) is 5.98. The van der Waals surface area contributed by atoms with Gasteiger partial charge in [0.1, 0.15) is 12.0 Å². The van der Waals surface area contributed by atoms with Crippen LogP contribution < -0.4 is 15.1 Å². The van der Waals surface area contributed by atoms with E-state index in [-0.39, 0.29) is 36.0 Å². The molecule has 0 spiro atoms. The second-order valence-electron chi connectivity index (χ2n) is 6.14. The molecule has 7 heteroatoms. The first-order chi connectivity index (χ1) is 11.0. The number of nitrogens with zero attached hydrogens (tertiary/aromatic N) is 3. The van der Waals surface area contributed by atoms with Crippen molar-refractivity contribution in [1.29, 1.82) is 0 Å². The van der Waals surface area contributed by atoms with Crippen molar-refractivity contribution in [2.75, 3.05) is 29.4 Å².